The zero-order valence-corrected chi connectivity index (χ0v) is 12.8. The topological polar surface area (TPSA) is 36.9 Å². The number of anilines is 1. The smallest absolute Gasteiger partial charge is 0.119 e. The minimum Gasteiger partial charge on any atom is -0.497 e. The normalized spacial score (nSPS) is 14.5. The molecule has 4 nitrogen and oxygen atoms in total. The van der Waals surface area contributed by atoms with Crippen molar-refractivity contribution in [2.75, 3.05) is 25.7 Å². The summed E-state index contributed by atoms with van der Waals surface area (Å²) in [5, 5.41) is 2.12. The zero-order chi connectivity index (χ0) is 15.4. The van der Waals surface area contributed by atoms with Crippen molar-refractivity contribution in [1.82, 2.24) is 5.43 Å². The molecule has 1 heterocycles. The number of para-hydroxylation sites is 1. The van der Waals surface area contributed by atoms with Crippen molar-refractivity contribution in [2.45, 2.75) is 0 Å². The minimum absolute atomic E-state index is 0.772. The van der Waals surface area contributed by atoms with Crippen LogP contribution < -0.4 is 15.2 Å². The molecule has 1 aliphatic heterocycles. The summed E-state index contributed by atoms with van der Waals surface area (Å²) >= 11 is 0. The van der Waals surface area contributed by atoms with Crippen LogP contribution >= 0.6 is 0 Å². The molecule has 112 valence electrons. The van der Waals surface area contributed by atoms with Crippen LogP contribution in [0.25, 0.3) is 5.70 Å². The van der Waals surface area contributed by atoms with Gasteiger partial charge in [-0.25, -0.2) is 0 Å². The van der Waals surface area contributed by atoms with Crippen LogP contribution in [0, 0.1) is 0 Å². The number of hydrazine groups is 1. The van der Waals surface area contributed by atoms with Gasteiger partial charge in [-0.05, 0) is 24.3 Å². The molecule has 0 unspecified atom stereocenters. The molecule has 0 aliphatic carbocycles. The summed E-state index contributed by atoms with van der Waals surface area (Å²) in [6, 6.07) is 18.3. The van der Waals surface area contributed by atoms with Gasteiger partial charge in [-0.2, -0.15) is 0 Å². The molecule has 22 heavy (non-hydrogen) atoms. The number of rotatable bonds is 4. The molecular weight excluding hydrogens is 274 g/mol. The maximum atomic E-state index is 5.32. The van der Waals surface area contributed by atoms with Gasteiger partial charge in [0.2, 0.25) is 0 Å². The predicted octanol–water partition coefficient (Wildman–Crippen LogP) is 3.13. The van der Waals surface area contributed by atoms with Gasteiger partial charge < -0.3 is 4.74 Å². The van der Waals surface area contributed by atoms with E-state index < -0.39 is 0 Å². The fourth-order valence-electron chi connectivity index (χ4n) is 2.55. The van der Waals surface area contributed by atoms with Gasteiger partial charge in [0.05, 0.1) is 25.0 Å². The lowest BCUT2D eigenvalue weighted by Gasteiger charge is -2.20. The number of nitrogens with zero attached hydrogens (tertiary/aromatic N) is 2. The number of hydrogen-bond acceptors (Lipinski definition) is 4. The van der Waals surface area contributed by atoms with Crippen molar-refractivity contribution >= 4 is 17.6 Å². The van der Waals surface area contributed by atoms with Crippen LogP contribution in [-0.4, -0.2) is 26.9 Å². The molecule has 0 saturated carbocycles. The third-order valence-corrected chi connectivity index (χ3v) is 3.61. The lowest BCUT2D eigenvalue weighted by atomic mass is 10.1. The van der Waals surface area contributed by atoms with E-state index in [1.807, 2.05) is 42.6 Å². The SMILES string of the molecule is CN=CC1=C(c2cccc(OC)c2)NN(c2ccccc2)C1. The largest absolute Gasteiger partial charge is 0.497 e. The Bertz CT molecular complexity index is 707. The number of benzene rings is 2. The van der Waals surface area contributed by atoms with Gasteiger partial charge in [0, 0.05) is 24.4 Å². The summed E-state index contributed by atoms with van der Waals surface area (Å²) in [6.45, 7) is 0.772. The molecule has 0 aromatic heterocycles. The van der Waals surface area contributed by atoms with E-state index in [1.54, 1.807) is 14.2 Å². The average Bonchev–Trinajstić information content (AvgIpc) is 3.00. The van der Waals surface area contributed by atoms with Crippen molar-refractivity contribution < 1.29 is 4.74 Å². The first-order valence-corrected chi connectivity index (χ1v) is 7.21. The maximum absolute atomic E-state index is 5.32. The van der Waals surface area contributed by atoms with Crippen LogP contribution in [0.15, 0.2) is 65.2 Å². The number of hydrogen-bond donors (Lipinski definition) is 1. The Balaban J connectivity index is 1.94. The fourth-order valence-corrected chi connectivity index (χ4v) is 2.55. The van der Waals surface area contributed by atoms with Crippen molar-refractivity contribution in [3.63, 3.8) is 0 Å². The van der Waals surface area contributed by atoms with Crippen LogP contribution in [0.1, 0.15) is 5.56 Å². The Labute approximate surface area is 130 Å². The number of ether oxygens (including phenoxy) is 1. The van der Waals surface area contributed by atoms with Gasteiger partial charge >= 0.3 is 0 Å². The van der Waals surface area contributed by atoms with Gasteiger partial charge in [-0.1, -0.05) is 30.3 Å². The molecule has 4 heteroatoms. The second kappa shape index (κ2) is 6.35. The third-order valence-electron chi connectivity index (χ3n) is 3.61. The third kappa shape index (κ3) is 2.81. The summed E-state index contributed by atoms with van der Waals surface area (Å²) in [4.78, 5) is 4.18. The Hall–Kier alpha value is -2.75. The van der Waals surface area contributed by atoms with Gasteiger partial charge in [0.25, 0.3) is 0 Å². The average molecular weight is 293 g/mol. The molecule has 1 N–H and O–H groups in total. The fraction of sp³-hybridized carbons (Fsp3) is 0.167. The van der Waals surface area contributed by atoms with E-state index in [9.17, 15) is 0 Å². The molecule has 3 rings (SSSR count). The highest BCUT2D eigenvalue weighted by Crippen LogP contribution is 2.27. The number of methoxy groups -OCH3 is 1. The summed E-state index contributed by atoms with van der Waals surface area (Å²) in [5.74, 6) is 0.845. The van der Waals surface area contributed by atoms with E-state index >= 15 is 0 Å². The first-order valence-electron chi connectivity index (χ1n) is 7.21. The molecule has 0 amide bonds. The second-order valence-corrected chi connectivity index (χ2v) is 5.05. The van der Waals surface area contributed by atoms with Gasteiger partial charge in [0.15, 0.2) is 0 Å². The van der Waals surface area contributed by atoms with Gasteiger partial charge in [0.1, 0.15) is 5.75 Å². The summed E-state index contributed by atoms with van der Waals surface area (Å²) in [6.07, 6.45) is 1.91. The highest BCUT2D eigenvalue weighted by Gasteiger charge is 2.22. The molecule has 2 aromatic carbocycles. The van der Waals surface area contributed by atoms with Crippen LogP contribution in [-0.2, 0) is 0 Å². The van der Waals surface area contributed by atoms with Crippen molar-refractivity contribution in [1.29, 1.82) is 0 Å². The number of nitrogens with one attached hydrogen (secondary N) is 1. The van der Waals surface area contributed by atoms with Crippen molar-refractivity contribution in [2.24, 2.45) is 4.99 Å². The van der Waals surface area contributed by atoms with Crippen LogP contribution in [0.5, 0.6) is 5.75 Å². The summed E-state index contributed by atoms with van der Waals surface area (Å²) in [7, 11) is 3.47. The molecule has 0 bridgehead atoms. The molecular formula is C18H19N3O. The highest BCUT2D eigenvalue weighted by molar-refractivity contribution is 5.94. The Morgan fingerprint density at radius 3 is 2.68 bits per heavy atom. The molecule has 0 atom stereocenters. The Morgan fingerprint density at radius 2 is 1.95 bits per heavy atom. The molecule has 2 aromatic rings. The predicted molar refractivity (Wildman–Crippen MR) is 91.3 cm³/mol. The Morgan fingerprint density at radius 1 is 1.14 bits per heavy atom. The summed E-state index contributed by atoms with van der Waals surface area (Å²) < 4.78 is 5.32. The van der Waals surface area contributed by atoms with E-state index in [0.717, 1.165) is 34.8 Å². The molecule has 0 saturated heterocycles. The minimum atomic E-state index is 0.772. The highest BCUT2D eigenvalue weighted by atomic mass is 16.5. The second-order valence-electron chi connectivity index (χ2n) is 5.05. The summed E-state index contributed by atoms with van der Waals surface area (Å²) in [5.41, 5.74) is 7.91. The van der Waals surface area contributed by atoms with Gasteiger partial charge in [-0.3, -0.25) is 15.4 Å². The van der Waals surface area contributed by atoms with Crippen LogP contribution in [0.3, 0.4) is 0 Å². The van der Waals surface area contributed by atoms with E-state index in [1.165, 1.54) is 0 Å². The molecule has 1 aliphatic rings. The van der Waals surface area contributed by atoms with Crippen LogP contribution in [0.4, 0.5) is 5.69 Å². The van der Waals surface area contributed by atoms with E-state index in [0.29, 0.717) is 0 Å². The Kier molecular flexibility index (Phi) is 4.10. The first-order chi connectivity index (χ1) is 10.8. The van der Waals surface area contributed by atoms with Crippen molar-refractivity contribution in [3.8, 4) is 5.75 Å². The quantitative estimate of drug-likeness (QED) is 0.880. The number of aliphatic imine (C=N–C) groups is 1. The molecule has 0 fully saturated rings. The zero-order valence-electron chi connectivity index (χ0n) is 12.8. The van der Waals surface area contributed by atoms with Crippen LogP contribution in [0.2, 0.25) is 0 Å². The molecule has 0 spiro atoms. The maximum Gasteiger partial charge on any atom is 0.119 e. The monoisotopic (exact) mass is 293 g/mol. The lowest BCUT2D eigenvalue weighted by Crippen LogP contribution is -2.31. The van der Waals surface area contributed by atoms with Crippen molar-refractivity contribution in [3.05, 3.63) is 65.7 Å². The van der Waals surface area contributed by atoms with E-state index in [4.69, 9.17) is 4.74 Å². The standard InChI is InChI=1S/C18H19N3O/c1-19-12-15-13-21(16-8-4-3-5-9-16)20-18(15)14-7-6-10-17(11-14)22-2/h3-12,20H,13H2,1-2H3. The lowest BCUT2D eigenvalue weighted by molar-refractivity contribution is 0.414. The first kappa shape index (κ1) is 14.2. The van der Waals surface area contributed by atoms with E-state index in [-0.39, 0.29) is 0 Å². The van der Waals surface area contributed by atoms with E-state index in [2.05, 4.69) is 33.6 Å². The van der Waals surface area contributed by atoms with Gasteiger partial charge in [-0.15, -0.1) is 0 Å². The molecule has 0 radical (unpaired) electrons.